The van der Waals surface area contributed by atoms with Crippen LogP contribution in [0, 0.1) is 0 Å². The lowest BCUT2D eigenvalue weighted by atomic mass is 10.2. The molecule has 1 N–H and O–H groups in total. The van der Waals surface area contributed by atoms with Crippen LogP contribution in [0.1, 0.15) is 29.3 Å². The predicted molar refractivity (Wildman–Crippen MR) is 76.6 cm³/mol. The summed E-state index contributed by atoms with van der Waals surface area (Å²) in [4.78, 5) is 4.74. The molecular formula is C11H18N2S3. The maximum atomic E-state index is 4.74. The maximum absolute atomic E-state index is 4.74. The average Bonchev–Trinajstić information content (AvgIpc) is 2.78. The van der Waals surface area contributed by atoms with Gasteiger partial charge in [-0.15, -0.1) is 23.1 Å². The van der Waals surface area contributed by atoms with Crippen molar-refractivity contribution in [1.82, 2.24) is 10.3 Å². The molecule has 16 heavy (non-hydrogen) atoms. The Morgan fingerprint density at radius 3 is 3.00 bits per heavy atom. The van der Waals surface area contributed by atoms with Crippen LogP contribution in [0.2, 0.25) is 0 Å². The number of thioether (sulfide) groups is 2. The Morgan fingerprint density at radius 1 is 1.44 bits per heavy atom. The fourth-order valence-corrected chi connectivity index (χ4v) is 6.10. The van der Waals surface area contributed by atoms with Crippen molar-refractivity contribution in [2.45, 2.75) is 30.4 Å². The van der Waals surface area contributed by atoms with Crippen LogP contribution >= 0.6 is 34.9 Å². The minimum absolute atomic E-state index is 0.624. The van der Waals surface area contributed by atoms with E-state index in [2.05, 4.69) is 41.1 Å². The summed E-state index contributed by atoms with van der Waals surface area (Å²) in [5.74, 6) is 2.57. The molecule has 0 amide bonds. The summed E-state index contributed by atoms with van der Waals surface area (Å²) in [6.07, 6.45) is 1.25. The fraction of sp³-hybridized carbons (Fsp3) is 0.727. The first-order valence-electron chi connectivity index (χ1n) is 5.67. The SMILES string of the molecule is CCC1SCCSC1c1nc(CNC)cs1. The zero-order valence-corrected chi connectivity index (χ0v) is 12.2. The molecule has 2 nitrogen and oxygen atoms in total. The summed E-state index contributed by atoms with van der Waals surface area (Å²) in [5, 5.41) is 8.06. The van der Waals surface area contributed by atoms with Crippen LogP contribution in [0.5, 0.6) is 0 Å². The number of aromatic nitrogens is 1. The van der Waals surface area contributed by atoms with E-state index in [1.807, 2.05) is 18.4 Å². The summed E-state index contributed by atoms with van der Waals surface area (Å²) < 4.78 is 0. The van der Waals surface area contributed by atoms with Crippen molar-refractivity contribution in [3.05, 3.63) is 16.1 Å². The van der Waals surface area contributed by atoms with Crippen molar-refractivity contribution in [2.75, 3.05) is 18.6 Å². The summed E-state index contributed by atoms with van der Waals surface area (Å²) in [7, 11) is 1.97. The van der Waals surface area contributed by atoms with Crippen LogP contribution in [-0.2, 0) is 6.54 Å². The number of nitrogens with zero attached hydrogens (tertiary/aromatic N) is 1. The number of hydrogen-bond acceptors (Lipinski definition) is 5. The topological polar surface area (TPSA) is 24.9 Å². The van der Waals surface area contributed by atoms with Crippen molar-refractivity contribution < 1.29 is 0 Å². The van der Waals surface area contributed by atoms with Crippen molar-refractivity contribution in [2.24, 2.45) is 0 Å². The van der Waals surface area contributed by atoms with E-state index in [0.29, 0.717) is 5.25 Å². The summed E-state index contributed by atoms with van der Waals surface area (Å²) in [5.41, 5.74) is 1.19. The lowest BCUT2D eigenvalue weighted by Crippen LogP contribution is -2.18. The highest BCUT2D eigenvalue weighted by atomic mass is 32.2. The second kappa shape index (κ2) is 6.28. The van der Waals surface area contributed by atoms with Gasteiger partial charge in [0.2, 0.25) is 0 Å². The first-order valence-corrected chi connectivity index (χ1v) is 8.65. The average molecular weight is 274 g/mol. The van der Waals surface area contributed by atoms with Gasteiger partial charge in [0.1, 0.15) is 5.01 Å². The monoisotopic (exact) mass is 274 g/mol. The Bertz CT molecular complexity index is 327. The van der Waals surface area contributed by atoms with E-state index < -0.39 is 0 Å². The molecule has 0 saturated carbocycles. The molecule has 90 valence electrons. The smallest absolute Gasteiger partial charge is 0.107 e. The highest BCUT2D eigenvalue weighted by molar-refractivity contribution is 8.06. The molecule has 1 aromatic heterocycles. The third kappa shape index (κ3) is 2.94. The molecule has 1 fully saturated rings. The van der Waals surface area contributed by atoms with E-state index in [-0.39, 0.29) is 0 Å². The van der Waals surface area contributed by atoms with Gasteiger partial charge in [-0.2, -0.15) is 11.8 Å². The van der Waals surface area contributed by atoms with Gasteiger partial charge in [0.15, 0.2) is 0 Å². The fourth-order valence-electron chi connectivity index (χ4n) is 1.85. The van der Waals surface area contributed by atoms with Crippen molar-refractivity contribution in [3.8, 4) is 0 Å². The second-order valence-electron chi connectivity index (χ2n) is 3.82. The van der Waals surface area contributed by atoms with Gasteiger partial charge in [-0.1, -0.05) is 6.92 Å². The Balaban J connectivity index is 2.08. The second-order valence-corrected chi connectivity index (χ2v) is 7.30. The van der Waals surface area contributed by atoms with Gasteiger partial charge in [0.05, 0.1) is 10.9 Å². The normalized spacial score (nSPS) is 25.9. The quantitative estimate of drug-likeness (QED) is 0.911. The van der Waals surface area contributed by atoms with Gasteiger partial charge < -0.3 is 5.32 Å². The first-order chi connectivity index (χ1) is 7.85. The van der Waals surface area contributed by atoms with Crippen molar-refractivity contribution in [3.63, 3.8) is 0 Å². The van der Waals surface area contributed by atoms with E-state index in [4.69, 9.17) is 4.98 Å². The van der Waals surface area contributed by atoms with Gasteiger partial charge in [0, 0.05) is 28.7 Å². The summed E-state index contributed by atoms with van der Waals surface area (Å²) in [6.45, 7) is 3.18. The molecule has 0 aliphatic carbocycles. The molecule has 0 spiro atoms. The molecule has 0 radical (unpaired) electrons. The van der Waals surface area contributed by atoms with Crippen LogP contribution in [0.4, 0.5) is 0 Å². The molecule has 1 saturated heterocycles. The van der Waals surface area contributed by atoms with Crippen molar-refractivity contribution >= 4 is 34.9 Å². The third-order valence-electron chi connectivity index (χ3n) is 2.62. The molecule has 2 heterocycles. The Hall–Kier alpha value is 0.290. The molecule has 1 aromatic rings. The van der Waals surface area contributed by atoms with Crippen LogP contribution in [0.25, 0.3) is 0 Å². The molecule has 0 bridgehead atoms. The number of hydrogen-bond donors (Lipinski definition) is 1. The molecule has 2 rings (SSSR count). The van der Waals surface area contributed by atoms with Gasteiger partial charge >= 0.3 is 0 Å². The molecule has 1 aliphatic heterocycles. The molecule has 1 aliphatic rings. The van der Waals surface area contributed by atoms with E-state index in [1.54, 1.807) is 0 Å². The minimum atomic E-state index is 0.624. The van der Waals surface area contributed by atoms with Gasteiger partial charge in [-0.3, -0.25) is 0 Å². The van der Waals surface area contributed by atoms with Crippen LogP contribution in [-0.4, -0.2) is 28.8 Å². The Morgan fingerprint density at radius 2 is 2.25 bits per heavy atom. The van der Waals surface area contributed by atoms with Crippen molar-refractivity contribution in [1.29, 1.82) is 0 Å². The molecular weight excluding hydrogens is 256 g/mol. The van der Waals surface area contributed by atoms with Gasteiger partial charge in [-0.25, -0.2) is 4.98 Å². The Labute approximate surface area is 110 Å². The number of nitrogens with one attached hydrogen (secondary N) is 1. The zero-order chi connectivity index (χ0) is 11.4. The van der Waals surface area contributed by atoms with E-state index >= 15 is 0 Å². The number of thiazole rings is 1. The highest BCUT2D eigenvalue weighted by Gasteiger charge is 2.28. The zero-order valence-electron chi connectivity index (χ0n) is 9.73. The highest BCUT2D eigenvalue weighted by Crippen LogP contribution is 2.44. The molecule has 2 unspecified atom stereocenters. The van der Waals surface area contributed by atoms with E-state index in [0.717, 1.165) is 11.8 Å². The van der Waals surface area contributed by atoms with Crippen LogP contribution in [0.3, 0.4) is 0 Å². The standard InChI is InChI=1S/C11H18N2S3/c1-3-9-10(15-5-4-14-9)11-13-8(6-12-2)7-16-11/h7,9-10,12H,3-6H2,1-2H3. The van der Waals surface area contributed by atoms with Crippen LogP contribution < -0.4 is 5.32 Å². The Kier molecular flexibility index (Phi) is 5.00. The minimum Gasteiger partial charge on any atom is -0.314 e. The summed E-state index contributed by atoms with van der Waals surface area (Å²) in [6, 6.07) is 0. The lowest BCUT2D eigenvalue weighted by molar-refractivity contribution is 0.764. The predicted octanol–water partition coefficient (Wildman–Crippen LogP) is 3.16. The van der Waals surface area contributed by atoms with Gasteiger partial charge in [-0.05, 0) is 13.5 Å². The van der Waals surface area contributed by atoms with Gasteiger partial charge in [0.25, 0.3) is 0 Å². The third-order valence-corrected chi connectivity index (χ3v) is 7.00. The summed E-state index contributed by atoms with van der Waals surface area (Å²) >= 11 is 6.04. The van der Waals surface area contributed by atoms with E-state index in [1.165, 1.54) is 28.6 Å². The number of rotatable bonds is 4. The molecule has 0 aromatic carbocycles. The van der Waals surface area contributed by atoms with E-state index in [9.17, 15) is 0 Å². The molecule has 2 atom stereocenters. The first kappa shape index (κ1) is 12.7. The maximum Gasteiger partial charge on any atom is 0.107 e. The van der Waals surface area contributed by atoms with Crippen LogP contribution in [0.15, 0.2) is 5.38 Å². The lowest BCUT2D eigenvalue weighted by Gasteiger charge is -2.28. The molecule has 5 heteroatoms. The largest absolute Gasteiger partial charge is 0.314 e.